The Morgan fingerprint density at radius 2 is 1.96 bits per heavy atom. The Bertz CT molecular complexity index is 691. The number of nitrogens with zero attached hydrogens (tertiary/aromatic N) is 1. The smallest absolute Gasteiger partial charge is 0.184 e. The number of ether oxygens (including phenoxy) is 3. The van der Waals surface area contributed by atoms with Crippen LogP contribution in [0.25, 0.3) is 0 Å². The van der Waals surface area contributed by atoms with Crippen molar-refractivity contribution >= 4 is 5.78 Å². The van der Waals surface area contributed by atoms with Gasteiger partial charge in [-0.2, -0.15) is 0 Å². The number of benzene rings is 1. The van der Waals surface area contributed by atoms with Crippen molar-refractivity contribution in [2.75, 3.05) is 20.0 Å². The molecule has 6 heteroatoms. The first-order valence-corrected chi connectivity index (χ1v) is 8.97. The molecule has 6 nitrogen and oxygen atoms in total. The van der Waals surface area contributed by atoms with Crippen LogP contribution in [0, 0.1) is 5.41 Å². The molecule has 1 aromatic carbocycles. The highest BCUT2D eigenvalue weighted by Gasteiger charge is 2.32. The average molecular weight is 359 g/mol. The van der Waals surface area contributed by atoms with Gasteiger partial charge in [0.1, 0.15) is 19.1 Å². The van der Waals surface area contributed by atoms with Crippen molar-refractivity contribution in [1.82, 2.24) is 5.16 Å². The van der Waals surface area contributed by atoms with E-state index in [0.717, 1.165) is 18.4 Å². The molecule has 140 valence electrons. The molecule has 2 heterocycles. The van der Waals surface area contributed by atoms with Crippen LogP contribution in [0.4, 0.5) is 0 Å². The van der Waals surface area contributed by atoms with Gasteiger partial charge in [-0.1, -0.05) is 42.4 Å². The van der Waals surface area contributed by atoms with Crippen molar-refractivity contribution in [2.24, 2.45) is 5.41 Å². The molecule has 0 spiro atoms. The summed E-state index contributed by atoms with van der Waals surface area (Å²) in [6.45, 7) is 4.48. The summed E-state index contributed by atoms with van der Waals surface area (Å²) < 4.78 is 21.7. The van der Waals surface area contributed by atoms with Crippen LogP contribution in [-0.2, 0) is 27.4 Å². The maximum absolute atomic E-state index is 12.4. The lowest BCUT2D eigenvalue weighted by molar-refractivity contribution is -0.167. The molecule has 0 saturated carbocycles. The van der Waals surface area contributed by atoms with E-state index in [0.29, 0.717) is 44.5 Å². The lowest BCUT2D eigenvalue weighted by atomic mass is 9.81. The van der Waals surface area contributed by atoms with Crippen molar-refractivity contribution < 1.29 is 23.5 Å². The van der Waals surface area contributed by atoms with Gasteiger partial charge >= 0.3 is 0 Å². The van der Waals surface area contributed by atoms with E-state index in [1.807, 2.05) is 30.3 Å². The predicted octanol–water partition coefficient (Wildman–Crippen LogP) is 3.76. The minimum Gasteiger partial charge on any atom is -0.369 e. The van der Waals surface area contributed by atoms with Gasteiger partial charge in [0.2, 0.25) is 0 Å². The van der Waals surface area contributed by atoms with Crippen LogP contribution >= 0.6 is 0 Å². The van der Waals surface area contributed by atoms with Gasteiger partial charge in [-0.15, -0.1) is 0 Å². The lowest BCUT2D eigenvalue weighted by Gasteiger charge is -2.35. The number of hydrogen-bond donors (Lipinski definition) is 0. The summed E-state index contributed by atoms with van der Waals surface area (Å²) in [6.07, 6.45) is 2.03. The van der Waals surface area contributed by atoms with E-state index in [1.54, 1.807) is 6.07 Å². The summed E-state index contributed by atoms with van der Waals surface area (Å²) in [5.74, 6) is 0.528. The zero-order valence-corrected chi connectivity index (χ0v) is 15.1. The van der Waals surface area contributed by atoms with Crippen molar-refractivity contribution in [3.63, 3.8) is 0 Å². The van der Waals surface area contributed by atoms with E-state index in [1.165, 1.54) is 0 Å². The molecule has 2 aromatic rings. The molecule has 0 bridgehead atoms. The first kappa shape index (κ1) is 18.8. The van der Waals surface area contributed by atoms with E-state index in [4.69, 9.17) is 18.7 Å². The molecule has 3 rings (SSSR count). The number of rotatable bonds is 9. The van der Waals surface area contributed by atoms with Crippen LogP contribution in [0.1, 0.15) is 48.0 Å². The molecule has 0 N–H and O–H groups in total. The fraction of sp³-hybridized carbons (Fsp3) is 0.500. The molecule has 1 fully saturated rings. The van der Waals surface area contributed by atoms with E-state index >= 15 is 0 Å². The summed E-state index contributed by atoms with van der Waals surface area (Å²) in [6, 6.07) is 11.6. The maximum Gasteiger partial charge on any atom is 0.184 e. The molecular weight excluding hydrogens is 334 g/mol. The van der Waals surface area contributed by atoms with Crippen LogP contribution in [-0.4, -0.2) is 30.9 Å². The number of aromatic nitrogens is 1. The topological polar surface area (TPSA) is 70.8 Å². The van der Waals surface area contributed by atoms with Crippen molar-refractivity contribution in [3.8, 4) is 0 Å². The molecular formula is C20H25NO5. The van der Waals surface area contributed by atoms with Crippen molar-refractivity contribution in [2.45, 2.75) is 39.4 Å². The Balaban J connectivity index is 1.46. The second kappa shape index (κ2) is 9.07. The van der Waals surface area contributed by atoms with Gasteiger partial charge < -0.3 is 18.7 Å². The van der Waals surface area contributed by atoms with Crippen LogP contribution < -0.4 is 0 Å². The van der Waals surface area contributed by atoms with E-state index in [-0.39, 0.29) is 17.8 Å². The van der Waals surface area contributed by atoms with Gasteiger partial charge in [0.05, 0.1) is 19.8 Å². The molecule has 1 aliphatic rings. The largest absolute Gasteiger partial charge is 0.369 e. The zero-order chi connectivity index (χ0) is 18.2. The maximum atomic E-state index is 12.4. The van der Waals surface area contributed by atoms with E-state index in [2.05, 4.69) is 12.1 Å². The number of hydrogen-bond acceptors (Lipinski definition) is 6. The van der Waals surface area contributed by atoms with Gasteiger partial charge in [0.15, 0.2) is 11.5 Å². The normalized spacial score (nSPS) is 16.5. The fourth-order valence-electron chi connectivity index (χ4n) is 3.01. The molecule has 0 radical (unpaired) electrons. The first-order chi connectivity index (χ1) is 12.7. The average Bonchev–Trinajstić information content (AvgIpc) is 3.17. The Labute approximate surface area is 153 Å². The highest BCUT2D eigenvalue weighted by molar-refractivity contribution is 5.94. The number of carbonyl (C=O) groups is 1. The third-order valence-corrected chi connectivity index (χ3v) is 4.82. The van der Waals surface area contributed by atoms with Gasteiger partial charge in [-0.25, -0.2) is 0 Å². The number of ketones is 1. The third kappa shape index (κ3) is 5.00. The monoisotopic (exact) mass is 359 g/mol. The Kier molecular flexibility index (Phi) is 6.55. The van der Waals surface area contributed by atoms with Crippen LogP contribution in [0.2, 0.25) is 0 Å². The summed E-state index contributed by atoms with van der Waals surface area (Å²) in [4.78, 5) is 12.4. The van der Waals surface area contributed by atoms with Gasteiger partial charge in [0, 0.05) is 17.9 Å². The summed E-state index contributed by atoms with van der Waals surface area (Å²) in [5, 5.41) is 3.89. The van der Waals surface area contributed by atoms with E-state index < -0.39 is 0 Å². The van der Waals surface area contributed by atoms with Crippen LogP contribution in [0.15, 0.2) is 40.9 Å². The van der Waals surface area contributed by atoms with E-state index in [9.17, 15) is 4.79 Å². The van der Waals surface area contributed by atoms with Gasteiger partial charge in [-0.3, -0.25) is 4.79 Å². The second-order valence-electron chi connectivity index (χ2n) is 6.75. The van der Waals surface area contributed by atoms with Crippen LogP contribution in [0.3, 0.4) is 0 Å². The summed E-state index contributed by atoms with van der Waals surface area (Å²) in [7, 11) is 0. The molecule has 0 aliphatic carbocycles. The highest BCUT2D eigenvalue weighted by atomic mass is 16.7. The SMILES string of the molecule is CCC1(CCC(=O)c2cc(COCc3ccccc3)on2)COCOC1. The number of Topliss-reactive ketones (excluding diaryl/α,β-unsaturated/α-hetero) is 1. The summed E-state index contributed by atoms with van der Waals surface area (Å²) >= 11 is 0. The number of carbonyl (C=O) groups excluding carboxylic acids is 1. The molecule has 26 heavy (non-hydrogen) atoms. The summed E-state index contributed by atoms with van der Waals surface area (Å²) in [5.41, 5.74) is 1.36. The predicted molar refractivity (Wildman–Crippen MR) is 94.5 cm³/mol. The van der Waals surface area contributed by atoms with Crippen molar-refractivity contribution in [1.29, 1.82) is 0 Å². The van der Waals surface area contributed by atoms with Crippen molar-refractivity contribution in [3.05, 3.63) is 53.4 Å². The van der Waals surface area contributed by atoms with Crippen LogP contribution in [0.5, 0.6) is 0 Å². The molecule has 0 atom stereocenters. The molecule has 1 aliphatic heterocycles. The Morgan fingerprint density at radius 1 is 1.19 bits per heavy atom. The minimum atomic E-state index is -0.0841. The first-order valence-electron chi connectivity index (χ1n) is 8.97. The second-order valence-corrected chi connectivity index (χ2v) is 6.75. The van der Waals surface area contributed by atoms with Gasteiger partial charge in [0.25, 0.3) is 0 Å². The molecule has 0 amide bonds. The Morgan fingerprint density at radius 3 is 2.69 bits per heavy atom. The third-order valence-electron chi connectivity index (χ3n) is 4.82. The zero-order valence-electron chi connectivity index (χ0n) is 15.1. The molecule has 0 unspecified atom stereocenters. The molecule has 1 saturated heterocycles. The fourth-order valence-corrected chi connectivity index (χ4v) is 3.01. The quantitative estimate of drug-likeness (QED) is 0.635. The van der Waals surface area contributed by atoms with Gasteiger partial charge in [-0.05, 0) is 18.4 Å². The minimum absolute atomic E-state index is 0.0264. The highest BCUT2D eigenvalue weighted by Crippen LogP contribution is 2.32. The standard InChI is InChI=1S/C20H25NO5/c1-2-20(13-24-15-25-14-20)9-8-19(22)18-10-17(26-21-18)12-23-11-16-6-4-3-5-7-16/h3-7,10H,2,8-9,11-15H2,1H3. The lowest BCUT2D eigenvalue weighted by Crippen LogP contribution is -2.37. The molecule has 1 aromatic heterocycles. The Hall–Kier alpha value is -2.02.